The van der Waals surface area contributed by atoms with Crippen molar-refractivity contribution in [3.8, 4) is 0 Å². The van der Waals surface area contributed by atoms with E-state index in [1.807, 2.05) is 0 Å². The minimum atomic E-state index is 0.760. The molecule has 0 aromatic carbocycles. The summed E-state index contributed by atoms with van der Waals surface area (Å²) in [4.78, 5) is 0. The van der Waals surface area contributed by atoms with Crippen LogP contribution in [0.1, 0.15) is 51.9 Å². The third-order valence-electron chi connectivity index (χ3n) is 3.31. The molecule has 1 nitrogen and oxygen atoms in total. The van der Waals surface area contributed by atoms with Crippen molar-refractivity contribution < 1.29 is 0 Å². The van der Waals surface area contributed by atoms with E-state index in [2.05, 4.69) is 24.9 Å². The molecule has 0 spiro atoms. The third-order valence-corrected chi connectivity index (χ3v) is 3.31. The summed E-state index contributed by atoms with van der Waals surface area (Å²) in [5.74, 6) is 0.946. The van der Waals surface area contributed by atoms with Gasteiger partial charge in [0.05, 0.1) is 0 Å². The molecule has 0 aliphatic heterocycles. The second kappa shape index (κ2) is 7.05. The molecular formula is C13H25N. The molecule has 0 saturated heterocycles. The first-order valence-electron chi connectivity index (χ1n) is 6.22. The van der Waals surface area contributed by atoms with Crippen LogP contribution < -0.4 is 5.32 Å². The molecule has 0 bridgehead atoms. The Balaban J connectivity index is 2.29. The summed E-state index contributed by atoms with van der Waals surface area (Å²) in [5, 5.41) is 3.70. The van der Waals surface area contributed by atoms with E-state index in [4.69, 9.17) is 0 Å². The van der Waals surface area contributed by atoms with Gasteiger partial charge < -0.3 is 5.32 Å². The molecule has 1 aliphatic carbocycles. The number of allylic oxidation sites excluding steroid dienone is 1. The second-order valence-electron chi connectivity index (χ2n) is 4.47. The summed E-state index contributed by atoms with van der Waals surface area (Å²) in [6.07, 6.45) is 11.5. The van der Waals surface area contributed by atoms with Crippen LogP contribution in [-0.4, -0.2) is 12.6 Å². The Bertz CT molecular complexity index is 147. The molecule has 1 fully saturated rings. The Morgan fingerprint density at radius 3 is 2.71 bits per heavy atom. The van der Waals surface area contributed by atoms with Crippen molar-refractivity contribution in [3.05, 3.63) is 12.7 Å². The van der Waals surface area contributed by atoms with E-state index in [0.29, 0.717) is 0 Å². The molecule has 0 aromatic heterocycles. The Labute approximate surface area is 89.0 Å². The first kappa shape index (κ1) is 11.8. The van der Waals surface area contributed by atoms with Crippen LogP contribution in [0.5, 0.6) is 0 Å². The van der Waals surface area contributed by atoms with E-state index < -0.39 is 0 Å². The molecule has 82 valence electrons. The molecule has 0 amide bonds. The minimum absolute atomic E-state index is 0.760. The maximum atomic E-state index is 3.81. The number of hydrogen-bond acceptors (Lipinski definition) is 1. The Morgan fingerprint density at radius 1 is 1.43 bits per heavy atom. The van der Waals surface area contributed by atoms with Gasteiger partial charge in [-0.05, 0) is 44.6 Å². The normalized spacial score (nSPS) is 19.8. The predicted octanol–water partition coefficient (Wildman–Crippen LogP) is 3.51. The molecule has 1 atom stereocenters. The summed E-state index contributed by atoms with van der Waals surface area (Å²) >= 11 is 0. The van der Waals surface area contributed by atoms with Gasteiger partial charge in [-0.1, -0.05) is 25.8 Å². The van der Waals surface area contributed by atoms with Crippen LogP contribution in [0.4, 0.5) is 0 Å². The van der Waals surface area contributed by atoms with Crippen molar-refractivity contribution in [1.29, 1.82) is 0 Å². The van der Waals surface area contributed by atoms with Gasteiger partial charge in [0.15, 0.2) is 0 Å². The standard InChI is InChI=1S/C13H25N/c1-3-5-10-13(14-11-4-2)12-8-6-7-9-12/h3,12-14H,1,4-11H2,2H3. The number of rotatable bonds is 7. The molecular weight excluding hydrogens is 170 g/mol. The van der Waals surface area contributed by atoms with E-state index in [-0.39, 0.29) is 0 Å². The fraction of sp³-hybridized carbons (Fsp3) is 0.846. The van der Waals surface area contributed by atoms with Crippen LogP contribution in [0.3, 0.4) is 0 Å². The lowest BCUT2D eigenvalue weighted by Gasteiger charge is -2.24. The van der Waals surface area contributed by atoms with Crippen molar-refractivity contribution in [2.24, 2.45) is 5.92 Å². The molecule has 1 saturated carbocycles. The van der Waals surface area contributed by atoms with Gasteiger partial charge in [0.25, 0.3) is 0 Å². The molecule has 0 heterocycles. The fourth-order valence-corrected chi connectivity index (χ4v) is 2.49. The van der Waals surface area contributed by atoms with Crippen LogP contribution in [-0.2, 0) is 0 Å². The third kappa shape index (κ3) is 3.83. The Hall–Kier alpha value is -0.300. The largest absolute Gasteiger partial charge is 0.314 e. The molecule has 1 rings (SSSR count). The van der Waals surface area contributed by atoms with E-state index in [0.717, 1.165) is 18.4 Å². The lowest BCUT2D eigenvalue weighted by molar-refractivity contribution is 0.342. The Morgan fingerprint density at radius 2 is 2.14 bits per heavy atom. The molecule has 14 heavy (non-hydrogen) atoms. The summed E-state index contributed by atoms with van der Waals surface area (Å²) in [7, 11) is 0. The van der Waals surface area contributed by atoms with Gasteiger partial charge in [0.2, 0.25) is 0 Å². The first-order chi connectivity index (χ1) is 6.88. The summed E-state index contributed by atoms with van der Waals surface area (Å²) in [6.45, 7) is 7.23. The maximum absolute atomic E-state index is 3.81. The maximum Gasteiger partial charge on any atom is 0.00982 e. The van der Waals surface area contributed by atoms with Gasteiger partial charge in [-0.3, -0.25) is 0 Å². The summed E-state index contributed by atoms with van der Waals surface area (Å²) in [6, 6.07) is 0.760. The van der Waals surface area contributed by atoms with E-state index in [1.165, 1.54) is 45.1 Å². The average Bonchev–Trinajstić information content (AvgIpc) is 2.71. The number of nitrogens with one attached hydrogen (secondary N) is 1. The SMILES string of the molecule is C=CCCC(NCCC)C1CCCC1. The first-order valence-corrected chi connectivity index (χ1v) is 6.22. The highest BCUT2D eigenvalue weighted by molar-refractivity contribution is 4.82. The van der Waals surface area contributed by atoms with Gasteiger partial charge in [-0.2, -0.15) is 0 Å². The fourth-order valence-electron chi connectivity index (χ4n) is 2.49. The number of hydrogen-bond donors (Lipinski definition) is 1. The zero-order chi connectivity index (χ0) is 10.2. The van der Waals surface area contributed by atoms with Gasteiger partial charge in [0, 0.05) is 6.04 Å². The summed E-state index contributed by atoms with van der Waals surface area (Å²) in [5.41, 5.74) is 0. The second-order valence-corrected chi connectivity index (χ2v) is 4.47. The van der Waals surface area contributed by atoms with Crippen LogP contribution in [0, 0.1) is 5.92 Å². The van der Waals surface area contributed by atoms with Crippen LogP contribution in [0.25, 0.3) is 0 Å². The van der Waals surface area contributed by atoms with Crippen molar-refractivity contribution in [1.82, 2.24) is 5.32 Å². The van der Waals surface area contributed by atoms with E-state index in [1.54, 1.807) is 0 Å². The Kier molecular flexibility index (Phi) is 5.93. The molecule has 1 unspecified atom stereocenters. The van der Waals surface area contributed by atoms with Gasteiger partial charge in [-0.25, -0.2) is 0 Å². The highest BCUT2D eigenvalue weighted by Gasteiger charge is 2.23. The lowest BCUT2D eigenvalue weighted by Crippen LogP contribution is -2.35. The predicted molar refractivity (Wildman–Crippen MR) is 63.5 cm³/mol. The van der Waals surface area contributed by atoms with Gasteiger partial charge >= 0.3 is 0 Å². The van der Waals surface area contributed by atoms with E-state index >= 15 is 0 Å². The monoisotopic (exact) mass is 195 g/mol. The topological polar surface area (TPSA) is 12.0 Å². The van der Waals surface area contributed by atoms with Crippen LogP contribution in [0.15, 0.2) is 12.7 Å². The average molecular weight is 195 g/mol. The minimum Gasteiger partial charge on any atom is -0.314 e. The zero-order valence-electron chi connectivity index (χ0n) is 9.60. The lowest BCUT2D eigenvalue weighted by atomic mass is 9.94. The molecule has 1 heteroatoms. The smallest absolute Gasteiger partial charge is 0.00982 e. The molecule has 0 radical (unpaired) electrons. The molecule has 0 aromatic rings. The van der Waals surface area contributed by atoms with Crippen LogP contribution in [0.2, 0.25) is 0 Å². The van der Waals surface area contributed by atoms with Crippen molar-refractivity contribution in [3.63, 3.8) is 0 Å². The van der Waals surface area contributed by atoms with Crippen LogP contribution >= 0.6 is 0 Å². The zero-order valence-corrected chi connectivity index (χ0v) is 9.60. The molecule has 1 aliphatic rings. The highest BCUT2D eigenvalue weighted by atomic mass is 14.9. The summed E-state index contributed by atoms with van der Waals surface area (Å²) < 4.78 is 0. The van der Waals surface area contributed by atoms with Crippen molar-refractivity contribution in [2.45, 2.75) is 57.9 Å². The highest BCUT2D eigenvalue weighted by Crippen LogP contribution is 2.29. The van der Waals surface area contributed by atoms with Gasteiger partial charge in [-0.15, -0.1) is 6.58 Å². The van der Waals surface area contributed by atoms with Crippen molar-refractivity contribution in [2.75, 3.05) is 6.54 Å². The molecule has 1 N–H and O–H groups in total. The van der Waals surface area contributed by atoms with Gasteiger partial charge in [0.1, 0.15) is 0 Å². The quantitative estimate of drug-likeness (QED) is 0.613. The van der Waals surface area contributed by atoms with E-state index in [9.17, 15) is 0 Å². The van der Waals surface area contributed by atoms with Crippen molar-refractivity contribution >= 4 is 0 Å².